The Bertz CT molecular complexity index is 1330. The number of amides is 1. The molecule has 1 fully saturated rings. The number of nitrogens with one attached hydrogen (secondary N) is 1. The molecule has 0 aliphatic carbocycles. The molecule has 0 radical (unpaired) electrons. The maximum absolute atomic E-state index is 13.2. The number of rotatable bonds is 4. The van der Waals surface area contributed by atoms with Gasteiger partial charge in [-0.1, -0.05) is 31.2 Å². The topological polar surface area (TPSA) is 96.7 Å². The Morgan fingerprint density at radius 3 is 2.78 bits per heavy atom. The summed E-state index contributed by atoms with van der Waals surface area (Å²) >= 11 is 0. The molecule has 3 aromatic rings. The molecule has 9 heteroatoms. The lowest BCUT2D eigenvalue weighted by Crippen LogP contribution is -2.44. The standard InChI is InChI=1S/C23H25N5O3S/c1-2-13-28-19-11-5-4-10-18(19)24-23(28)25-22(29)16-8-7-14-27(15-16)21-17-9-3-6-12-20(17)32(30,31)26-21/h3-6,9-12,16H,2,7-8,13-15H2,1H3,(H,24,25,29)/t16-/m1/s1. The van der Waals surface area contributed by atoms with Crippen molar-refractivity contribution in [3.05, 3.63) is 54.1 Å². The van der Waals surface area contributed by atoms with Gasteiger partial charge in [0, 0.05) is 25.2 Å². The number of sulfonamides is 1. The Balaban J connectivity index is 1.38. The number of aromatic nitrogens is 2. The largest absolute Gasteiger partial charge is 0.355 e. The molecule has 0 spiro atoms. The van der Waals surface area contributed by atoms with Crippen molar-refractivity contribution in [2.75, 3.05) is 18.4 Å². The van der Waals surface area contributed by atoms with Gasteiger partial charge in [-0.3, -0.25) is 10.1 Å². The first-order chi connectivity index (χ1) is 15.5. The van der Waals surface area contributed by atoms with Crippen molar-refractivity contribution in [2.45, 2.75) is 37.6 Å². The minimum atomic E-state index is -3.68. The fourth-order valence-corrected chi connectivity index (χ4v) is 5.76. The third kappa shape index (κ3) is 3.56. The number of aryl methyl sites for hydroxylation is 1. The number of fused-ring (bicyclic) bond motifs is 2. The van der Waals surface area contributed by atoms with E-state index >= 15 is 0 Å². The summed E-state index contributed by atoms with van der Waals surface area (Å²) in [6.45, 7) is 3.94. The fourth-order valence-electron chi connectivity index (χ4n) is 4.53. The number of amidine groups is 1. The lowest BCUT2D eigenvalue weighted by molar-refractivity contribution is -0.121. The highest BCUT2D eigenvalue weighted by molar-refractivity contribution is 7.90. The molecule has 1 atom stereocenters. The van der Waals surface area contributed by atoms with Crippen LogP contribution in [0.3, 0.4) is 0 Å². The molecule has 2 aliphatic heterocycles. The first-order valence-corrected chi connectivity index (χ1v) is 12.4. The average molecular weight is 452 g/mol. The summed E-state index contributed by atoms with van der Waals surface area (Å²) in [6, 6.07) is 14.7. The molecule has 2 aromatic carbocycles. The fraction of sp³-hybridized carbons (Fsp3) is 0.348. The van der Waals surface area contributed by atoms with Gasteiger partial charge in [-0.15, -0.1) is 4.40 Å². The number of piperidine rings is 1. The number of likely N-dealkylation sites (tertiary alicyclic amines) is 1. The lowest BCUT2D eigenvalue weighted by Gasteiger charge is -2.33. The second-order valence-corrected chi connectivity index (χ2v) is 9.81. The van der Waals surface area contributed by atoms with Gasteiger partial charge in [0.15, 0.2) is 5.84 Å². The molecule has 1 saturated heterocycles. The summed E-state index contributed by atoms with van der Waals surface area (Å²) in [7, 11) is -3.68. The Labute approximate surface area is 187 Å². The third-order valence-corrected chi connectivity index (χ3v) is 7.37. The van der Waals surface area contributed by atoms with E-state index in [9.17, 15) is 13.2 Å². The number of carbonyl (C=O) groups is 1. The van der Waals surface area contributed by atoms with Crippen LogP contribution in [-0.4, -0.2) is 47.7 Å². The van der Waals surface area contributed by atoms with Gasteiger partial charge >= 0.3 is 0 Å². The average Bonchev–Trinajstić information content (AvgIpc) is 3.29. The molecule has 0 unspecified atom stereocenters. The first-order valence-electron chi connectivity index (χ1n) is 10.9. The highest BCUT2D eigenvalue weighted by Crippen LogP contribution is 2.30. The first kappa shape index (κ1) is 20.7. The van der Waals surface area contributed by atoms with Crippen molar-refractivity contribution >= 4 is 38.7 Å². The van der Waals surface area contributed by atoms with Crippen molar-refractivity contribution < 1.29 is 13.2 Å². The highest BCUT2D eigenvalue weighted by atomic mass is 32.2. The number of para-hydroxylation sites is 2. The zero-order valence-electron chi connectivity index (χ0n) is 17.9. The second kappa shape index (κ2) is 8.05. The SMILES string of the molecule is CCCn1c(NC(=O)[C@@H]2CCCN(C3=NS(=O)(=O)c4ccccc43)C2)nc2ccccc21. The third-order valence-electron chi connectivity index (χ3n) is 6.04. The monoisotopic (exact) mass is 451 g/mol. The van der Waals surface area contributed by atoms with Crippen LogP contribution in [0.1, 0.15) is 31.7 Å². The maximum Gasteiger partial charge on any atom is 0.285 e. The maximum atomic E-state index is 13.2. The van der Waals surface area contributed by atoms with Crippen LogP contribution in [0, 0.1) is 5.92 Å². The second-order valence-electron chi connectivity index (χ2n) is 8.24. The van der Waals surface area contributed by atoms with Crippen LogP contribution < -0.4 is 5.32 Å². The number of carbonyl (C=O) groups excluding carboxylic acids is 1. The van der Waals surface area contributed by atoms with Crippen molar-refractivity contribution in [2.24, 2.45) is 10.3 Å². The Morgan fingerprint density at radius 1 is 1.16 bits per heavy atom. The zero-order valence-corrected chi connectivity index (χ0v) is 18.7. The van der Waals surface area contributed by atoms with E-state index in [1.165, 1.54) is 0 Å². The molecule has 1 amide bonds. The zero-order chi connectivity index (χ0) is 22.3. The predicted molar refractivity (Wildman–Crippen MR) is 123 cm³/mol. The van der Waals surface area contributed by atoms with Crippen molar-refractivity contribution in [1.29, 1.82) is 0 Å². The van der Waals surface area contributed by atoms with Crippen LogP contribution in [0.25, 0.3) is 11.0 Å². The summed E-state index contributed by atoms with van der Waals surface area (Å²) in [5.74, 6) is 0.617. The van der Waals surface area contributed by atoms with E-state index in [0.717, 1.165) is 36.8 Å². The van der Waals surface area contributed by atoms with E-state index in [-0.39, 0.29) is 16.7 Å². The number of anilines is 1. The van der Waals surface area contributed by atoms with E-state index in [2.05, 4.69) is 21.6 Å². The normalized spacial score (nSPS) is 19.6. The molecular weight excluding hydrogens is 426 g/mol. The van der Waals surface area contributed by atoms with Gasteiger partial charge in [0.05, 0.1) is 17.0 Å². The molecule has 1 aromatic heterocycles. The van der Waals surface area contributed by atoms with Crippen molar-refractivity contribution in [3.63, 3.8) is 0 Å². The van der Waals surface area contributed by atoms with E-state index in [1.807, 2.05) is 39.8 Å². The van der Waals surface area contributed by atoms with Gasteiger partial charge in [0.1, 0.15) is 4.90 Å². The summed E-state index contributed by atoms with van der Waals surface area (Å²) < 4.78 is 30.9. The van der Waals surface area contributed by atoms with Crippen LogP contribution in [0.15, 0.2) is 57.8 Å². The quantitative estimate of drug-likeness (QED) is 0.657. The van der Waals surface area contributed by atoms with Crippen LogP contribution in [0.4, 0.5) is 5.95 Å². The Morgan fingerprint density at radius 2 is 1.94 bits per heavy atom. The van der Waals surface area contributed by atoms with Crippen molar-refractivity contribution in [1.82, 2.24) is 14.5 Å². The smallest absolute Gasteiger partial charge is 0.285 e. The number of hydrogen-bond donors (Lipinski definition) is 1. The summed E-state index contributed by atoms with van der Waals surface area (Å²) in [4.78, 5) is 20.0. The van der Waals surface area contributed by atoms with E-state index in [1.54, 1.807) is 18.2 Å². The van der Waals surface area contributed by atoms with Crippen LogP contribution in [0.2, 0.25) is 0 Å². The van der Waals surface area contributed by atoms with Gasteiger partial charge < -0.3 is 9.47 Å². The Hall–Kier alpha value is -3.20. The Kier molecular flexibility index (Phi) is 5.21. The molecule has 32 heavy (non-hydrogen) atoms. The molecule has 0 saturated carbocycles. The minimum absolute atomic E-state index is 0.0999. The predicted octanol–water partition coefficient (Wildman–Crippen LogP) is 3.25. The van der Waals surface area contributed by atoms with Gasteiger partial charge in [-0.2, -0.15) is 8.42 Å². The molecule has 0 bridgehead atoms. The van der Waals surface area contributed by atoms with Crippen LogP contribution in [0.5, 0.6) is 0 Å². The van der Waals surface area contributed by atoms with Gasteiger partial charge in [-0.05, 0) is 43.5 Å². The lowest BCUT2D eigenvalue weighted by atomic mass is 9.96. The molecule has 2 aliphatic rings. The molecule has 3 heterocycles. The van der Waals surface area contributed by atoms with Crippen molar-refractivity contribution in [3.8, 4) is 0 Å². The molecule has 1 N–H and O–H groups in total. The number of benzene rings is 2. The van der Waals surface area contributed by atoms with Gasteiger partial charge in [-0.25, -0.2) is 4.98 Å². The van der Waals surface area contributed by atoms with Crippen LogP contribution >= 0.6 is 0 Å². The van der Waals surface area contributed by atoms with E-state index in [4.69, 9.17) is 0 Å². The number of imidazole rings is 1. The van der Waals surface area contributed by atoms with E-state index in [0.29, 0.717) is 30.4 Å². The van der Waals surface area contributed by atoms with Gasteiger partial charge in [0.25, 0.3) is 10.0 Å². The molecule has 8 nitrogen and oxygen atoms in total. The number of nitrogens with zero attached hydrogens (tertiary/aromatic N) is 4. The van der Waals surface area contributed by atoms with Gasteiger partial charge in [0.2, 0.25) is 11.9 Å². The molecular formula is C23H25N5O3S. The van der Waals surface area contributed by atoms with E-state index < -0.39 is 10.0 Å². The number of hydrogen-bond acceptors (Lipinski definition) is 5. The summed E-state index contributed by atoms with van der Waals surface area (Å²) in [5, 5.41) is 3.03. The summed E-state index contributed by atoms with van der Waals surface area (Å²) in [6.07, 6.45) is 2.44. The molecule has 5 rings (SSSR count). The highest BCUT2D eigenvalue weighted by Gasteiger charge is 2.35. The summed E-state index contributed by atoms with van der Waals surface area (Å²) in [5.41, 5.74) is 2.46. The molecule has 166 valence electrons. The minimum Gasteiger partial charge on any atom is -0.355 e. The van der Waals surface area contributed by atoms with Crippen LogP contribution in [-0.2, 0) is 21.4 Å².